The number of allylic oxidation sites excluding steroid dienone is 1. The molecule has 4 rings (SSSR count). The van der Waals surface area contributed by atoms with Crippen molar-refractivity contribution in [3.8, 4) is 28.8 Å². The quantitative estimate of drug-likeness (QED) is 0.321. The van der Waals surface area contributed by atoms with Crippen molar-refractivity contribution in [2.24, 2.45) is 0 Å². The number of carbonyl (C=O) groups is 1. The number of thiazole rings is 2. The van der Waals surface area contributed by atoms with Gasteiger partial charge in [-0.3, -0.25) is 10.1 Å². The molecule has 0 aliphatic heterocycles. The number of methoxy groups -OCH3 is 1. The molecule has 1 amide bonds. The van der Waals surface area contributed by atoms with Gasteiger partial charge in [0, 0.05) is 22.5 Å². The summed E-state index contributed by atoms with van der Waals surface area (Å²) in [5, 5.41) is 17.3. The van der Waals surface area contributed by atoms with Gasteiger partial charge >= 0.3 is 0 Å². The third kappa shape index (κ3) is 5.67. The molecule has 0 aliphatic rings. The van der Waals surface area contributed by atoms with E-state index in [2.05, 4.69) is 21.4 Å². The Morgan fingerprint density at radius 1 is 1.18 bits per heavy atom. The van der Waals surface area contributed by atoms with Crippen molar-refractivity contribution in [3.05, 3.63) is 75.6 Å². The number of carbonyl (C=O) groups excluding carboxylic acids is 1. The summed E-state index contributed by atoms with van der Waals surface area (Å²) >= 11 is 2.75. The fourth-order valence-corrected chi connectivity index (χ4v) is 4.38. The number of aromatic nitrogens is 2. The van der Waals surface area contributed by atoms with E-state index in [-0.39, 0.29) is 12.5 Å². The van der Waals surface area contributed by atoms with Gasteiger partial charge in [0.15, 0.2) is 23.2 Å². The summed E-state index contributed by atoms with van der Waals surface area (Å²) in [4.78, 5) is 20.7. The summed E-state index contributed by atoms with van der Waals surface area (Å²) in [7, 11) is 1.52. The lowest BCUT2D eigenvalue weighted by molar-refractivity contribution is -0.118. The molecule has 4 aromatic rings. The van der Waals surface area contributed by atoms with Crippen LogP contribution in [0.1, 0.15) is 16.1 Å². The predicted molar refractivity (Wildman–Crippen MR) is 135 cm³/mol. The van der Waals surface area contributed by atoms with Crippen LogP contribution in [0.5, 0.6) is 11.5 Å². The van der Waals surface area contributed by atoms with E-state index in [1.807, 2.05) is 36.6 Å². The lowest BCUT2D eigenvalue weighted by Gasteiger charge is -2.11. The summed E-state index contributed by atoms with van der Waals surface area (Å²) in [6.45, 7) is 1.85. The summed E-state index contributed by atoms with van der Waals surface area (Å²) in [6.07, 6.45) is 3.36. The molecule has 34 heavy (non-hydrogen) atoms. The molecule has 1 N–H and O–H groups in total. The van der Waals surface area contributed by atoms with Gasteiger partial charge in [0.25, 0.3) is 5.91 Å². The van der Waals surface area contributed by atoms with Crippen LogP contribution < -0.4 is 14.8 Å². The molecule has 0 saturated heterocycles. The molecule has 0 aliphatic carbocycles. The lowest BCUT2D eigenvalue weighted by atomic mass is 10.1. The van der Waals surface area contributed by atoms with Crippen LogP contribution >= 0.6 is 22.7 Å². The van der Waals surface area contributed by atoms with Crippen molar-refractivity contribution in [2.45, 2.75) is 6.92 Å². The fraction of sp³-hybridized carbons (Fsp3) is 0.120. The van der Waals surface area contributed by atoms with Crippen LogP contribution in [0.15, 0.2) is 59.4 Å². The molecular formula is C25H20N4O3S2. The van der Waals surface area contributed by atoms with E-state index in [4.69, 9.17) is 9.47 Å². The number of nitriles is 1. The first-order valence-electron chi connectivity index (χ1n) is 10.2. The Hall–Kier alpha value is -4.00. The Bertz CT molecular complexity index is 1350. The fourth-order valence-electron chi connectivity index (χ4n) is 3.04. The molecule has 170 valence electrons. The molecule has 0 atom stereocenters. The molecule has 0 radical (unpaired) electrons. The van der Waals surface area contributed by atoms with E-state index in [9.17, 15) is 10.1 Å². The zero-order valence-electron chi connectivity index (χ0n) is 18.4. The maximum Gasteiger partial charge on any atom is 0.264 e. The van der Waals surface area contributed by atoms with Gasteiger partial charge in [-0.05, 0) is 30.7 Å². The van der Waals surface area contributed by atoms with E-state index in [0.717, 1.165) is 16.8 Å². The summed E-state index contributed by atoms with van der Waals surface area (Å²) in [6, 6.07) is 15.6. The second-order valence-electron chi connectivity index (χ2n) is 7.16. The number of aryl methyl sites for hydroxylation is 1. The molecule has 2 heterocycles. The first-order chi connectivity index (χ1) is 16.6. The molecule has 2 aromatic carbocycles. The summed E-state index contributed by atoms with van der Waals surface area (Å²) < 4.78 is 11.0. The normalized spacial score (nSPS) is 11.0. The number of nitrogens with one attached hydrogen (secondary N) is 1. The zero-order valence-corrected chi connectivity index (χ0v) is 20.1. The Morgan fingerprint density at radius 2 is 2.00 bits per heavy atom. The first kappa shape index (κ1) is 23.2. The van der Waals surface area contributed by atoms with E-state index < -0.39 is 0 Å². The molecule has 2 aromatic heterocycles. The minimum atomic E-state index is -0.319. The minimum Gasteiger partial charge on any atom is -0.493 e. The third-order valence-electron chi connectivity index (χ3n) is 4.74. The van der Waals surface area contributed by atoms with Crippen LogP contribution in [-0.4, -0.2) is 29.6 Å². The molecule has 9 heteroatoms. The van der Waals surface area contributed by atoms with Crippen molar-refractivity contribution in [2.75, 3.05) is 19.0 Å². The molecule has 0 bridgehead atoms. The number of hydrogen-bond acceptors (Lipinski definition) is 8. The van der Waals surface area contributed by atoms with E-state index in [1.54, 1.807) is 35.9 Å². The average molecular weight is 489 g/mol. The molecular weight excluding hydrogens is 468 g/mol. The maximum absolute atomic E-state index is 12.1. The van der Waals surface area contributed by atoms with Crippen LogP contribution in [-0.2, 0) is 4.79 Å². The molecule has 7 nitrogen and oxygen atoms in total. The zero-order chi connectivity index (χ0) is 23.9. The largest absolute Gasteiger partial charge is 0.493 e. The SMILES string of the molecule is COc1cc(C=C(C#N)c2nc(-c3ccc(C)cc3)cs2)ccc1OCC(=O)Nc1nccs1. The third-order valence-corrected chi connectivity index (χ3v) is 6.30. The number of rotatable bonds is 8. The highest BCUT2D eigenvalue weighted by molar-refractivity contribution is 7.13. The number of hydrogen-bond donors (Lipinski definition) is 1. The average Bonchev–Trinajstić information content (AvgIpc) is 3.54. The number of anilines is 1. The van der Waals surface area contributed by atoms with E-state index in [1.165, 1.54) is 35.3 Å². The summed E-state index contributed by atoms with van der Waals surface area (Å²) in [5.74, 6) is 0.553. The highest BCUT2D eigenvalue weighted by Crippen LogP contribution is 2.31. The van der Waals surface area contributed by atoms with Crippen molar-refractivity contribution in [1.29, 1.82) is 5.26 Å². The van der Waals surface area contributed by atoms with Crippen LogP contribution in [0.4, 0.5) is 5.13 Å². The first-order valence-corrected chi connectivity index (χ1v) is 12.0. The molecule has 0 fully saturated rings. The molecule has 0 spiro atoms. The van der Waals surface area contributed by atoms with E-state index in [0.29, 0.717) is 27.2 Å². The van der Waals surface area contributed by atoms with Gasteiger partial charge < -0.3 is 9.47 Å². The van der Waals surface area contributed by atoms with Crippen LogP contribution in [0.25, 0.3) is 22.9 Å². The molecule has 0 saturated carbocycles. The Kier molecular flexibility index (Phi) is 7.32. The minimum absolute atomic E-state index is 0.185. The van der Waals surface area contributed by atoms with Gasteiger partial charge in [0.2, 0.25) is 0 Å². The monoisotopic (exact) mass is 488 g/mol. The van der Waals surface area contributed by atoms with Crippen LogP contribution in [0.3, 0.4) is 0 Å². The Balaban J connectivity index is 1.48. The Labute approximate surface area is 205 Å². The second-order valence-corrected chi connectivity index (χ2v) is 8.91. The smallest absolute Gasteiger partial charge is 0.264 e. The standard InChI is InChI=1S/C25H20N4O3S2/c1-16-3-6-18(7-4-16)20-15-34-24(28-20)19(13-26)11-17-5-8-21(22(12-17)31-2)32-14-23(30)29-25-27-9-10-33-25/h3-12,15H,14H2,1-2H3,(H,27,29,30). The highest BCUT2D eigenvalue weighted by Gasteiger charge is 2.12. The van der Waals surface area contributed by atoms with Gasteiger partial charge in [-0.2, -0.15) is 5.26 Å². The summed E-state index contributed by atoms with van der Waals surface area (Å²) in [5.41, 5.74) is 4.21. The van der Waals surface area contributed by atoms with Crippen molar-refractivity contribution < 1.29 is 14.3 Å². The second kappa shape index (κ2) is 10.7. The van der Waals surface area contributed by atoms with Crippen molar-refractivity contribution >= 4 is 45.4 Å². The van der Waals surface area contributed by atoms with Gasteiger partial charge in [-0.15, -0.1) is 22.7 Å². The predicted octanol–water partition coefficient (Wildman–Crippen LogP) is 5.67. The van der Waals surface area contributed by atoms with Crippen molar-refractivity contribution in [3.63, 3.8) is 0 Å². The van der Waals surface area contributed by atoms with Gasteiger partial charge in [0.05, 0.1) is 18.4 Å². The van der Waals surface area contributed by atoms with Gasteiger partial charge in [-0.25, -0.2) is 9.97 Å². The number of benzene rings is 2. The number of ether oxygens (including phenoxy) is 2. The maximum atomic E-state index is 12.1. The van der Waals surface area contributed by atoms with Gasteiger partial charge in [0.1, 0.15) is 11.1 Å². The van der Waals surface area contributed by atoms with E-state index >= 15 is 0 Å². The Morgan fingerprint density at radius 3 is 2.71 bits per heavy atom. The van der Waals surface area contributed by atoms with Crippen molar-refractivity contribution in [1.82, 2.24) is 9.97 Å². The van der Waals surface area contributed by atoms with Crippen LogP contribution in [0, 0.1) is 18.3 Å². The lowest BCUT2D eigenvalue weighted by Crippen LogP contribution is -2.20. The molecule has 0 unspecified atom stereocenters. The number of nitrogens with zero attached hydrogens (tertiary/aromatic N) is 3. The topological polar surface area (TPSA) is 97.1 Å². The van der Waals surface area contributed by atoms with Crippen LogP contribution in [0.2, 0.25) is 0 Å². The highest BCUT2D eigenvalue weighted by atomic mass is 32.1. The van der Waals surface area contributed by atoms with Gasteiger partial charge in [-0.1, -0.05) is 35.9 Å². The number of amides is 1.